The fraction of sp³-hybridized carbons (Fsp3) is 0.600. The van der Waals surface area contributed by atoms with Crippen molar-refractivity contribution in [2.24, 2.45) is 5.92 Å². The van der Waals surface area contributed by atoms with Gasteiger partial charge in [0.1, 0.15) is 11.6 Å². The highest BCUT2D eigenvalue weighted by molar-refractivity contribution is 5.18. The van der Waals surface area contributed by atoms with Gasteiger partial charge in [0.05, 0.1) is 0 Å². The van der Waals surface area contributed by atoms with Crippen LogP contribution in [0.3, 0.4) is 0 Å². The van der Waals surface area contributed by atoms with Crippen LogP contribution in [0.2, 0.25) is 0 Å². The molecule has 0 bridgehead atoms. The van der Waals surface area contributed by atoms with E-state index in [1.54, 1.807) is 6.07 Å². The molecule has 0 saturated carbocycles. The maximum Gasteiger partial charge on any atom is 0.130 e. The van der Waals surface area contributed by atoms with Crippen molar-refractivity contribution in [2.75, 3.05) is 19.6 Å². The van der Waals surface area contributed by atoms with Crippen LogP contribution in [0.4, 0.5) is 8.78 Å². The van der Waals surface area contributed by atoms with Crippen LogP contribution in [0.1, 0.15) is 25.8 Å². The van der Waals surface area contributed by atoms with E-state index in [2.05, 4.69) is 24.1 Å². The molecule has 4 heteroatoms. The quantitative estimate of drug-likeness (QED) is 0.903. The summed E-state index contributed by atoms with van der Waals surface area (Å²) in [6.07, 6.45) is 1.11. The Bertz CT molecular complexity index is 423. The molecule has 2 atom stereocenters. The molecular weight excluding hydrogens is 246 g/mol. The molecule has 2 unspecified atom stereocenters. The number of rotatable bonds is 4. The van der Waals surface area contributed by atoms with Gasteiger partial charge in [0.15, 0.2) is 0 Å². The number of hydrogen-bond donors (Lipinski definition) is 1. The first-order valence-corrected chi connectivity index (χ1v) is 7.00. The lowest BCUT2D eigenvalue weighted by molar-refractivity contribution is 0.108. The fourth-order valence-electron chi connectivity index (χ4n) is 2.67. The Morgan fingerprint density at radius 2 is 2.21 bits per heavy atom. The van der Waals surface area contributed by atoms with E-state index in [4.69, 9.17) is 0 Å². The van der Waals surface area contributed by atoms with Crippen molar-refractivity contribution in [1.82, 2.24) is 10.2 Å². The molecule has 1 saturated heterocycles. The molecule has 1 aromatic carbocycles. The van der Waals surface area contributed by atoms with Gasteiger partial charge >= 0.3 is 0 Å². The second kappa shape index (κ2) is 6.44. The Balaban J connectivity index is 2.10. The van der Waals surface area contributed by atoms with E-state index in [1.165, 1.54) is 6.07 Å². The van der Waals surface area contributed by atoms with E-state index in [-0.39, 0.29) is 0 Å². The first-order chi connectivity index (χ1) is 9.11. The van der Waals surface area contributed by atoms with Crippen LogP contribution in [0.5, 0.6) is 0 Å². The van der Waals surface area contributed by atoms with Crippen LogP contribution in [-0.4, -0.2) is 30.6 Å². The van der Waals surface area contributed by atoms with E-state index in [1.807, 2.05) is 0 Å². The van der Waals surface area contributed by atoms with Crippen LogP contribution in [0, 0.1) is 17.6 Å². The zero-order valence-corrected chi connectivity index (χ0v) is 11.6. The molecule has 0 amide bonds. The average Bonchev–Trinajstić information content (AvgIpc) is 2.41. The van der Waals surface area contributed by atoms with Crippen molar-refractivity contribution in [1.29, 1.82) is 0 Å². The van der Waals surface area contributed by atoms with Crippen molar-refractivity contribution in [3.05, 3.63) is 35.4 Å². The molecular formula is C15H22F2N2. The number of hydrogen-bond acceptors (Lipinski definition) is 2. The smallest absolute Gasteiger partial charge is 0.130 e. The predicted molar refractivity (Wildman–Crippen MR) is 72.9 cm³/mol. The molecule has 1 N–H and O–H groups in total. The molecule has 1 aliphatic rings. The first-order valence-electron chi connectivity index (χ1n) is 7.00. The Labute approximate surface area is 113 Å². The van der Waals surface area contributed by atoms with Gasteiger partial charge in [-0.2, -0.15) is 0 Å². The van der Waals surface area contributed by atoms with E-state index in [0.29, 0.717) is 24.1 Å². The van der Waals surface area contributed by atoms with E-state index in [0.717, 1.165) is 32.1 Å². The number of piperazine rings is 1. The molecule has 19 heavy (non-hydrogen) atoms. The largest absolute Gasteiger partial charge is 0.314 e. The lowest BCUT2D eigenvalue weighted by Gasteiger charge is -2.39. The highest BCUT2D eigenvalue weighted by atomic mass is 19.1. The molecule has 0 spiro atoms. The van der Waals surface area contributed by atoms with Gasteiger partial charge in [0, 0.05) is 43.9 Å². The molecule has 1 aliphatic heterocycles. The number of halogens is 2. The fourth-order valence-corrected chi connectivity index (χ4v) is 2.67. The summed E-state index contributed by atoms with van der Waals surface area (Å²) in [5.74, 6) is -0.391. The molecule has 2 nitrogen and oxygen atoms in total. The number of nitrogens with zero attached hydrogens (tertiary/aromatic N) is 1. The normalized spacial score (nSPS) is 22.4. The minimum absolute atomic E-state index is 0.420. The molecule has 1 fully saturated rings. The molecule has 106 valence electrons. The summed E-state index contributed by atoms with van der Waals surface area (Å²) in [5.41, 5.74) is 0.580. The maximum absolute atomic E-state index is 13.7. The van der Waals surface area contributed by atoms with Gasteiger partial charge in [-0.3, -0.25) is 4.90 Å². The molecule has 0 radical (unpaired) electrons. The van der Waals surface area contributed by atoms with E-state index in [9.17, 15) is 8.78 Å². The molecule has 0 aliphatic carbocycles. The molecule has 0 aromatic heterocycles. The van der Waals surface area contributed by atoms with Gasteiger partial charge in [-0.15, -0.1) is 0 Å². The average molecular weight is 268 g/mol. The lowest BCUT2D eigenvalue weighted by Crippen LogP contribution is -2.53. The summed E-state index contributed by atoms with van der Waals surface area (Å²) in [6.45, 7) is 7.74. The highest BCUT2D eigenvalue weighted by Gasteiger charge is 2.26. The third-order valence-electron chi connectivity index (χ3n) is 4.09. The summed E-state index contributed by atoms with van der Waals surface area (Å²) < 4.78 is 26.7. The second-order valence-corrected chi connectivity index (χ2v) is 5.36. The molecule has 1 aromatic rings. The lowest BCUT2D eigenvalue weighted by atomic mass is 9.95. The number of nitrogens with one attached hydrogen (secondary N) is 1. The predicted octanol–water partition coefficient (Wildman–Crippen LogP) is 2.78. The summed E-state index contributed by atoms with van der Waals surface area (Å²) >= 11 is 0. The molecule has 2 rings (SSSR count). The van der Waals surface area contributed by atoms with Crippen LogP contribution >= 0.6 is 0 Å². The van der Waals surface area contributed by atoms with Gasteiger partial charge in [0.2, 0.25) is 0 Å². The summed E-state index contributed by atoms with van der Waals surface area (Å²) in [5, 5.41) is 3.39. The zero-order chi connectivity index (χ0) is 13.8. The van der Waals surface area contributed by atoms with E-state index >= 15 is 0 Å². The third kappa shape index (κ3) is 3.51. The Kier molecular flexibility index (Phi) is 4.88. The monoisotopic (exact) mass is 268 g/mol. The van der Waals surface area contributed by atoms with Gasteiger partial charge in [-0.05, 0) is 12.0 Å². The van der Waals surface area contributed by atoms with Gasteiger partial charge in [-0.25, -0.2) is 8.78 Å². The minimum atomic E-state index is -0.514. The van der Waals surface area contributed by atoms with Gasteiger partial charge in [0.25, 0.3) is 0 Å². The molecule has 1 heterocycles. The van der Waals surface area contributed by atoms with Crippen molar-refractivity contribution in [3.63, 3.8) is 0 Å². The van der Waals surface area contributed by atoms with Gasteiger partial charge < -0.3 is 5.32 Å². The summed E-state index contributed by atoms with van der Waals surface area (Å²) in [7, 11) is 0. The Morgan fingerprint density at radius 1 is 1.42 bits per heavy atom. The van der Waals surface area contributed by atoms with Crippen molar-refractivity contribution in [3.8, 4) is 0 Å². The minimum Gasteiger partial charge on any atom is -0.314 e. The topological polar surface area (TPSA) is 15.3 Å². The summed E-state index contributed by atoms with van der Waals surface area (Å²) in [6, 6.07) is 4.28. The first kappa shape index (κ1) is 14.4. The van der Waals surface area contributed by atoms with Crippen LogP contribution in [0.25, 0.3) is 0 Å². The highest BCUT2D eigenvalue weighted by Crippen LogP contribution is 2.20. The van der Waals surface area contributed by atoms with Gasteiger partial charge in [-0.1, -0.05) is 26.3 Å². The van der Waals surface area contributed by atoms with Crippen molar-refractivity contribution in [2.45, 2.75) is 32.9 Å². The van der Waals surface area contributed by atoms with E-state index < -0.39 is 11.6 Å². The SMILES string of the molecule is CCC(C)C1CNCCN1Cc1ccc(F)cc1F. The van der Waals surface area contributed by atoms with Crippen LogP contribution < -0.4 is 5.32 Å². The Hall–Kier alpha value is -1.00. The number of benzene rings is 1. The summed E-state index contributed by atoms with van der Waals surface area (Å²) in [4.78, 5) is 2.31. The van der Waals surface area contributed by atoms with Crippen molar-refractivity contribution < 1.29 is 8.78 Å². The van der Waals surface area contributed by atoms with Crippen LogP contribution in [0.15, 0.2) is 18.2 Å². The maximum atomic E-state index is 13.7. The zero-order valence-electron chi connectivity index (χ0n) is 11.6. The Morgan fingerprint density at radius 3 is 2.89 bits per heavy atom. The second-order valence-electron chi connectivity index (χ2n) is 5.36. The standard InChI is InChI=1S/C15H22F2N2/c1-3-11(2)15-9-18-6-7-19(15)10-12-4-5-13(16)8-14(12)17/h4-5,8,11,15,18H,3,6-7,9-10H2,1-2H3. The van der Waals surface area contributed by atoms with Crippen LogP contribution in [-0.2, 0) is 6.54 Å². The third-order valence-corrected chi connectivity index (χ3v) is 4.09. The van der Waals surface area contributed by atoms with Crippen molar-refractivity contribution >= 4 is 0 Å².